The summed E-state index contributed by atoms with van der Waals surface area (Å²) in [5.41, 5.74) is 1.30. The Bertz CT molecular complexity index is 599. The zero-order valence-corrected chi connectivity index (χ0v) is 11.4. The van der Waals surface area contributed by atoms with Crippen LogP contribution in [0.15, 0.2) is 24.4 Å². The maximum atomic E-state index is 13.4. The normalized spacial score (nSPS) is 12.1. The minimum Gasteiger partial charge on any atom is -0.480 e. The quantitative estimate of drug-likeness (QED) is 0.927. The molecule has 0 saturated carbocycles. The molecule has 5 nitrogen and oxygen atoms in total. The van der Waals surface area contributed by atoms with Gasteiger partial charge in [0.2, 0.25) is 11.8 Å². The molecule has 0 aliphatic carbocycles. The molecule has 1 unspecified atom stereocenters. The standard InChI is InChI=1S/C14H15FN2O3/c1-8-4-9(6-10(15)5-8)13(18)12-14(20-3)17-11(19-2)7-16-12/h4-7,13,18H,1-3H3. The summed E-state index contributed by atoms with van der Waals surface area (Å²) in [6.45, 7) is 1.75. The van der Waals surface area contributed by atoms with E-state index in [1.165, 1.54) is 32.5 Å². The van der Waals surface area contributed by atoms with E-state index in [9.17, 15) is 9.50 Å². The van der Waals surface area contributed by atoms with Gasteiger partial charge >= 0.3 is 0 Å². The first-order chi connectivity index (χ1) is 9.55. The molecule has 0 fully saturated rings. The number of aryl methyl sites for hydroxylation is 1. The van der Waals surface area contributed by atoms with Crippen LogP contribution in [0.2, 0.25) is 0 Å². The minimum atomic E-state index is -1.13. The summed E-state index contributed by atoms with van der Waals surface area (Å²) in [6, 6.07) is 4.31. The van der Waals surface area contributed by atoms with E-state index < -0.39 is 11.9 Å². The van der Waals surface area contributed by atoms with Crippen molar-refractivity contribution in [3.05, 3.63) is 47.0 Å². The van der Waals surface area contributed by atoms with Gasteiger partial charge in [-0.05, 0) is 30.2 Å². The predicted molar refractivity (Wildman–Crippen MR) is 70.3 cm³/mol. The predicted octanol–water partition coefficient (Wildman–Crippen LogP) is 2.02. The number of benzene rings is 1. The van der Waals surface area contributed by atoms with Crippen LogP contribution in [0, 0.1) is 12.7 Å². The van der Waals surface area contributed by atoms with E-state index in [4.69, 9.17) is 9.47 Å². The number of hydrogen-bond donors (Lipinski definition) is 1. The van der Waals surface area contributed by atoms with E-state index in [1.54, 1.807) is 13.0 Å². The van der Waals surface area contributed by atoms with Crippen LogP contribution in [-0.2, 0) is 0 Å². The monoisotopic (exact) mass is 278 g/mol. The van der Waals surface area contributed by atoms with Crippen LogP contribution in [-0.4, -0.2) is 29.3 Å². The molecule has 6 heteroatoms. The Labute approximate surface area is 116 Å². The lowest BCUT2D eigenvalue weighted by Crippen LogP contribution is -2.08. The number of rotatable bonds is 4. The fraction of sp³-hybridized carbons (Fsp3) is 0.286. The summed E-state index contributed by atoms with van der Waals surface area (Å²) in [4.78, 5) is 8.11. The Morgan fingerprint density at radius 2 is 1.95 bits per heavy atom. The number of ether oxygens (including phenoxy) is 2. The fourth-order valence-corrected chi connectivity index (χ4v) is 1.88. The van der Waals surface area contributed by atoms with Gasteiger partial charge in [-0.3, -0.25) is 0 Å². The smallest absolute Gasteiger partial charge is 0.241 e. The lowest BCUT2D eigenvalue weighted by atomic mass is 10.0. The largest absolute Gasteiger partial charge is 0.480 e. The number of aliphatic hydroxyl groups is 1. The van der Waals surface area contributed by atoms with Gasteiger partial charge in [0.05, 0.1) is 20.4 Å². The van der Waals surface area contributed by atoms with Crippen LogP contribution in [0.1, 0.15) is 22.9 Å². The maximum Gasteiger partial charge on any atom is 0.241 e. The molecule has 2 aromatic rings. The van der Waals surface area contributed by atoms with Crippen LogP contribution in [0.5, 0.6) is 11.8 Å². The Morgan fingerprint density at radius 3 is 2.55 bits per heavy atom. The van der Waals surface area contributed by atoms with Gasteiger partial charge in [-0.15, -0.1) is 0 Å². The third-order valence-electron chi connectivity index (χ3n) is 2.79. The number of methoxy groups -OCH3 is 2. The summed E-state index contributed by atoms with van der Waals surface area (Å²) in [5.74, 6) is -0.00789. The van der Waals surface area contributed by atoms with Gasteiger partial charge in [-0.1, -0.05) is 6.07 Å². The Hall–Kier alpha value is -2.21. The van der Waals surface area contributed by atoms with Crippen molar-refractivity contribution in [2.45, 2.75) is 13.0 Å². The zero-order chi connectivity index (χ0) is 14.7. The Kier molecular flexibility index (Phi) is 4.14. The van der Waals surface area contributed by atoms with Crippen LogP contribution < -0.4 is 9.47 Å². The highest BCUT2D eigenvalue weighted by Gasteiger charge is 2.20. The number of aliphatic hydroxyl groups excluding tert-OH is 1. The van der Waals surface area contributed by atoms with Gasteiger partial charge in [0.1, 0.15) is 17.6 Å². The van der Waals surface area contributed by atoms with Crippen molar-refractivity contribution in [3.8, 4) is 11.8 Å². The molecule has 0 saturated heterocycles. The first-order valence-electron chi connectivity index (χ1n) is 5.95. The summed E-state index contributed by atoms with van der Waals surface area (Å²) < 4.78 is 23.4. The van der Waals surface area contributed by atoms with E-state index >= 15 is 0 Å². The Balaban J connectivity index is 2.44. The van der Waals surface area contributed by atoms with Crippen molar-refractivity contribution >= 4 is 0 Å². The highest BCUT2D eigenvalue weighted by Crippen LogP contribution is 2.28. The van der Waals surface area contributed by atoms with Crippen molar-refractivity contribution in [1.82, 2.24) is 9.97 Å². The summed E-state index contributed by atoms with van der Waals surface area (Å²) in [5, 5.41) is 10.3. The average molecular weight is 278 g/mol. The molecule has 20 heavy (non-hydrogen) atoms. The zero-order valence-electron chi connectivity index (χ0n) is 11.4. The number of halogens is 1. The molecular weight excluding hydrogens is 263 g/mol. The molecule has 1 aromatic carbocycles. The number of hydrogen-bond acceptors (Lipinski definition) is 5. The molecule has 0 spiro atoms. The average Bonchev–Trinajstić information content (AvgIpc) is 2.44. The van der Waals surface area contributed by atoms with E-state index in [-0.39, 0.29) is 17.5 Å². The van der Waals surface area contributed by atoms with Crippen LogP contribution in [0.4, 0.5) is 4.39 Å². The third kappa shape index (κ3) is 2.85. The summed E-state index contributed by atoms with van der Waals surface area (Å²) >= 11 is 0. The third-order valence-corrected chi connectivity index (χ3v) is 2.79. The number of aromatic nitrogens is 2. The summed E-state index contributed by atoms with van der Waals surface area (Å²) in [7, 11) is 2.87. The van der Waals surface area contributed by atoms with Crippen molar-refractivity contribution < 1.29 is 19.0 Å². The van der Waals surface area contributed by atoms with E-state index in [0.717, 1.165) is 0 Å². The molecule has 0 radical (unpaired) electrons. The first-order valence-corrected chi connectivity index (χ1v) is 5.95. The van der Waals surface area contributed by atoms with Gasteiger partial charge in [0.15, 0.2) is 0 Å². The van der Waals surface area contributed by atoms with Crippen LogP contribution in [0.3, 0.4) is 0 Å². The second-order valence-electron chi connectivity index (χ2n) is 4.27. The first kappa shape index (κ1) is 14.2. The van der Waals surface area contributed by atoms with Crippen LogP contribution >= 0.6 is 0 Å². The van der Waals surface area contributed by atoms with Crippen molar-refractivity contribution in [1.29, 1.82) is 0 Å². The summed E-state index contributed by atoms with van der Waals surface area (Å²) in [6.07, 6.45) is 0.241. The number of nitrogens with zero attached hydrogens (tertiary/aromatic N) is 2. The molecule has 1 aromatic heterocycles. The molecule has 0 bridgehead atoms. The molecule has 2 rings (SSSR count). The lowest BCUT2D eigenvalue weighted by molar-refractivity contribution is 0.206. The van der Waals surface area contributed by atoms with Crippen molar-refractivity contribution in [3.63, 3.8) is 0 Å². The maximum absolute atomic E-state index is 13.4. The van der Waals surface area contributed by atoms with Crippen molar-refractivity contribution in [2.24, 2.45) is 0 Å². The minimum absolute atomic E-state index is 0.138. The van der Waals surface area contributed by atoms with E-state index in [0.29, 0.717) is 11.1 Å². The highest BCUT2D eigenvalue weighted by atomic mass is 19.1. The molecule has 0 aliphatic heterocycles. The lowest BCUT2D eigenvalue weighted by Gasteiger charge is -2.14. The van der Waals surface area contributed by atoms with Crippen molar-refractivity contribution in [2.75, 3.05) is 14.2 Å². The second kappa shape index (κ2) is 5.83. The topological polar surface area (TPSA) is 64.5 Å². The molecular formula is C14H15FN2O3. The second-order valence-corrected chi connectivity index (χ2v) is 4.27. The molecule has 1 heterocycles. The molecule has 1 N–H and O–H groups in total. The van der Waals surface area contributed by atoms with Gasteiger partial charge in [0.25, 0.3) is 0 Å². The van der Waals surface area contributed by atoms with Crippen LogP contribution in [0.25, 0.3) is 0 Å². The molecule has 0 aliphatic rings. The fourth-order valence-electron chi connectivity index (χ4n) is 1.88. The molecule has 0 amide bonds. The molecule has 106 valence electrons. The van der Waals surface area contributed by atoms with Gasteiger partial charge in [-0.25, -0.2) is 9.37 Å². The van der Waals surface area contributed by atoms with Gasteiger partial charge < -0.3 is 14.6 Å². The van der Waals surface area contributed by atoms with E-state index in [1.807, 2.05) is 0 Å². The SMILES string of the molecule is COc1cnc(C(O)c2cc(C)cc(F)c2)c(OC)n1. The van der Waals surface area contributed by atoms with E-state index in [2.05, 4.69) is 9.97 Å². The van der Waals surface area contributed by atoms with Gasteiger partial charge in [-0.2, -0.15) is 4.98 Å². The van der Waals surface area contributed by atoms with Gasteiger partial charge in [0, 0.05) is 0 Å². The highest BCUT2D eigenvalue weighted by molar-refractivity contribution is 5.34. The Morgan fingerprint density at radius 1 is 1.20 bits per heavy atom. The molecule has 1 atom stereocenters.